The molecule has 0 saturated heterocycles. The third-order valence-corrected chi connectivity index (χ3v) is 2.38. The summed E-state index contributed by atoms with van der Waals surface area (Å²) in [5.74, 6) is 0.638. The van der Waals surface area contributed by atoms with E-state index in [9.17, 15) is 0 Å². The number of fused-ring (bicyclic) bond motifs is 1. The number of H-pyrrole nitrogens is 1. The maximum Gasteiger partial charge on any atom is 0.300 e. The number of hydrogen-bond donors (Lipinski definition) is 2. The number of aromatic amines is 1. The lowest BCUT2D eigenvalue weighted by molar-refractivity contribution is 0.449. The number of nitrogens with zero attached hydrogens (tertiary/aromatic N) is 3. The zero-order valence-electron chi connectivity index (χ0n) is 9.21. The summed E-state index contributed by atoms with van der Waals surface area (Å²) in [6.07, 6.45) is 3.39. The van der Waals surface area contributed by atoms with Crippen molar-refractivity contribution in [3.63, 3.8) is 0 Å². The van der Waals surface area contributed by atoms with Crippen molar-refractivity contribution in [3.05, 3.63) is 30.6 Å². The Morgan fingerprint density at radius 2 is 2.29 bits per heavy atom. The number of hydrogen-bond acceptors (Lipinski definition) is 4. The highest BCUT2D eigenvalue weighted by Gasteiger charge is 2.06. The lowest BCUT2D eigenvalue weighted by Crippen LogP contribution is -1.85. The molecular weight excluding hydrogens is 218 g/mol. The molecule has 3 N–H and O–H groups in total. The molecule has 2 heterocycles. The molecule has 3 rings (SSSR count). The van der Waals surface area contributed by atoms with Crippen LogP contribution in [0.3, 0.4) is 0 Å². The summed E-state index contributed by atoms with van der Waals surface area (Å²) >= 11 is 0. The Bertz CT molecular complexity index is 669. The summed E-state index contributed by atoms with van der Waals surface area (Å²) < 4.78 is 7.20. The van der Waals surface area contributed by atoms with Gasteiger partial charge in [0.05, 0.1) is 23.4 Å². The van der Waals surface area contributed by atoms with Crippen LogP contribution in [0, 0.1) is 0 Å². The van der Waals surface area contributed by atoms with Gasteiger partial charge in [-0.3, -0.25) is 4.68 Å². The normalized spacial score (nSPS) is 10.9. The first-order valence-corrected chi connectivity index (χ1v) is 5.12. The number of nitrogens with two attached hydrogens (primary N) is 1. The van der Waals surface area contributed by atoms with E-state index in [0.29, 0.717) is 17.4 Å². The van der Waals surface area contributed by atoms with E-state index < -0.39 is 0 Å². The van der Waals surface area contributed by atoms with Crippen molar-refractivity contribution in [1.29, 1.82) is 0 Å². The van der Waals surface area contributed by atoms with Crippen LogP contribution in [0.1, 0.15) is 0 Å². The first-order valence-electron chi connectivity index (χ1n) is 5.12. The first kappa shape index (κ1) is 9.71. The highest BCUT2D eigenvalue weighted by molar-refractivity contribution is 5.79. The van der Waals surface area contributed by atoms with Gasteiger partial charge in [-0.15, -0.1) is 0 Å². The zero-order chi connectivity index (χ0) is 11.8. The van der Waals surface area contributed by atoms with Crippen LogP contribution >= 0.6 is 0 Å². The topological polar surface area (TPSA) is 81.8 Å². The fourth-order valence-electron chi connectivity index (χ4n) is 1.62. The molecule has 86 valence electrons. The van der Waals surface area contributed by atoms with Crippen molar-refractivity contribution < 1.29 is 4.74 Å². The molecule has 0 aliphatic heterocycles. The summed E-state index contributed by atoms with van der Waals surface area (Å²) in [4.78, 5) is 7.33. The monoisotopic (exact) mass is 229 g/mol. The molecule has 17 heavy (non-hydrogen) atoms. The van der Waals surface area contributed by atoms with Gasteiger partial charge in [0.15, 0.2) is 5.75 Å². The van der Waals surface area contributed by atoms with Gasteiger partial charge in [-0.05, 0) is 18.2 Å². The van der Waals surface area contributed by atoms with E-state index in [1.165, 1.54) is 0 Å². The smallest absolute Gasteiger partial charge is 0.300 e. The SMILES string of the molecule is Cn1cc(Oc2nc3ccc(N)cc3[nH]2)cn1. The molecule has 6 heteroatoms. The van der Waals surface area contributed by atoms with Gasteiger partial charge in [0.2, 0.25) is 0 Å². The van der Waals surface area contributed by atoms with Crippen LogP contribution in [0.2, 0.25) is 0 Å². The van der Waals surface area contributed by atoms with Crippen molar-refractivity contribution >= 4 is 16.7 Å². The van der Waals surface area contributed by atoms with Gasteiger partial charge in [0.25, 0.3) is 6.01 Å². The fourth-order valence-corrected chi connectivity index (χ4v) is 1.62. The van der Waals surface area contributed by atoms with Crippen LogP contribution in [-0.2, 0) is 7.05 Å². The molecule has 1 aromatic carbocycles. The van der Waals surface area contributed by atoms with Crippen LogP contribution in [-0.4, -0.2) is 19.7 Å². The third-order valence-electron chi connectivity index (χ3n) is 2.38. The van der Waals surface area contributed by atoms with E-state index in [1.807, 2.05) is 19.2 Å². The summed E-state index contributed by atoms with van der Waals surface area (Å²) in [7, 11) is 1.83. The summed E-state index contributed by atoms with van der Waals surface area (Å²) in [6, 6.07) is 5.89. The van der Waals surface area contributed by atoms with E-state index in [2.05, 4.69) is 15.1 Å². The molecule has 0 aliphatic rings. The molecule has 0 aliphatic carbocycles. The number of anilines is 1. The van der Waals surface area contributed by atoms with Crippen molar-refractivity contribution in [2.24, 2.45) is 7.05 Å². The highest BCUT2D eigenvalue weighted by atomic mass is 16.5. The van der Waals surface area contributed by atoms with Gasteiger partial charge in [0.1, 0.15) is 0 Å². The van der Waals surface area contributed by atoms with Gasteiger partial charge >= 0.3 is 0 Å². The number of benzene rings is 1. The number of rotatable bonds is 2. The molecular formula is C11H11N5O. The van der Waals surface area contributed by atoms with Crippen molar-refractivity contribution in [1.82, 2.24) is 19.7 Å². The second-order valence-corrected chi connectivity index (χ2v) is 3.77. The molecule has 6 nitrogen and oxygen atoms in total. The minimum Gasteiger partial charge on any atom is -0.422 e. The molecule has 0 bridgehead atoms. The Labute approximate surface area is 97.0 Å². The minimum absolute atomic E-state index is 0.429. The number of ether oxygens (including phenoxy) is 1. The molecule has 3 aromatic rings. The third kappa shape index (κ3) is 1.80. The van der Waals surface area contributed by atoms with E-state index in [1.54, 1.807) is 23.1 Å². The quantitative estimate of drug-likeness (QED) is 0.655. The Balaban J connectivity index is 1.95. The first-order chi connectivity index (χ1) is 8.20. The second kappa shape index (κ2) is 3.51. The maximum absolute atomic E-state index is 5.69. The standard InChI is InChI=1S/C11H11N5O/c1-16-6-8(5-13-16)17-11-14-9-3-2-7(12)4-10(9)15-11/h2-6H,12H2,1H3,(H,14,15). The predicted octanol–water partition coefficient (Wildman–Crippen LogP) is 1.67. The predicted molar refractivity (Wildman–Crippen MR) is 63.8 cm³/mol. The van der Waals surface area contributed by atoms with E-state index >= 15 is 0 Å². The average Bonchev–Trinajstić information content (AvgIpc) is 2.84. The van der Waals surface area contributed by atoms with Crippen LogP contribution in [0.25, 0.3) is 11.0 Å². The Hall–Kier alpha value is -2.50. The maximum atomic E-state index is 5.69. The average molecular weight is 229 g/mol. The number of nitrogen functional groups attached to an aromatic ring is 1. The Morgan fingerprint density at radius 3 is 3.06 bits per heavy atom. The number of imidazole rings is 1. The van der Waals surface area contributed by atoms with Crippen LogP contribution in [0.4, 0.5) is 5.69 Å². The van der Waals surface area contributed by atoms with Gasteiger partial charge < -0.3 is 15.5 Å². The molecule has 0 unspecified atom stereocenters. The summed E-state index contributed by atoms with van der Waals surface area (Å²) in [6.45, 7) is 0. The zero-order valence-corrected chi connectivity index (χ0v) is 9.21. The van der Waals surface area contributed by atoms with E-state index in [0.717, 1.165) is 11.0 Å². The largest absolute Gasteiger partial charge is 0.422 e. The lowest BCUT2D eigenvalue weighted by Gasteiger charge is -1.94. The van der Waals surface area contributed by atoms with Gasteiger partial charge in [0, 0.05) is 12.7 Å². The molecule has 0 spiro atoms. The van der Waals surface area contributed by atoms with E-state index in [4.69, 9.17) is 10.5 Å². The van der Waals surface area contributed by atoms with Crippen molar-refractivity contribution in [3.8, 4) is 11.8 Å². The van der Waals surface area contributed by atoms with Gasteiger partial charge in [-0.25, -0.2) is 0 Å². The van der Waals surface area contributed by atoms with Gasteiger partial charge in [-0.1, -0.05) is 0 Å². The number of nitrogens with one attached hydrogen (secondary N) is 1. The molecule has 0 fully saturated rings. The molecule has 0 saturated carbocycles. The summed E-state index contributed by atoms with van der Waals surface area (Å²) in [5.41, 5.74) is 8.04. The van der Waals surface area contributed by atoms with Crippen LogP contribution in [0.5, 0.6) is 11.8 Å². The molecule has 2 aromatic heterocycles. The van der Waals surface area contributed by atoms with Gasteiger partial charge in [-0.2, -0.15) is 10.1 Å². The Morgan fingerprint density at radius 1 is 1.41 bits per heavy atom. The molecule has 0 radical (unpaired) electrons. The number of aromatic nitrogens is 4. The molecule has 0 atom stereocenters. The van der Waals surface area contributed by atoms with E-state index in [-0.39, 0.29) is 0 Å². The van der Waals surface area contributed by atoms with Crippen LogP contribution < -0.4 is 10.5 Å². The summed E-state index contributed by atoms with van der Waals surface area (Å²) in [5, 5.41) is 4.01. The number of aryl methyl sites for hydroxylation is 1. The highest BCUT2D eigenvalue weighted by Crippen LogP contribution is 2.22. The van der Waals surface area contributed by atoms with Crippen molar-refractivity contribution in [2.75, 3.05) is 5.73 Å². The fraction of sp³-hybridized carbons (Fsp3) is 0.0909. The Kier molecular flexibility index (Phi) is 2.01. The second-order valence-electron chi connectivity index (χ2n) is 3.77. The lowest BCUT2D eigenvalue weighted by atomic mass is 10.3. The molecule has 0 amide bonds. The van der Waals surface area contributed by atoms with Crippen molar-refractivity contribution in [2.45, 2.75) is 0 Å². The van der Waals surface area contributed by atoms with Crippen LogP contribution in [0.15, 0.2) is 30.6 Å². The minimum atomic E-state index is 0.429.